The van der Waals surface area contributed by atoms with Crippen LogP contribution in [-0.4, -0.2) is 60.3 Å². The lowest BCUT2D eigenvalue weighted by molar-refractivity contribution is 0.0595. The molecule has 0 bridgehead atoms. The average Bonchev–Trinajstić information content (AvgIpc) is 3.11. The van der Waals surface area contributed by atoms with Gasteiger partial charge in [-0.25, -0.2) is 9.37 Å². The fourth-order valence-corrected chi connectivity index (χ4v) is 3.18. The zero-order valence-corrected chi connectivity index (χ0v) is 16.9. The fraction of sp³-hybridized carbons (Fsp3) is 0.474. The number of carbonyl (C=O) groups excluding carboxylic acids is 1. The van der Waals surface area contributed by atoms with Gasteiger partial charge in [0, 0.05) is 57.3 Å². The third-order valence-electron chi connectivity index (χ3n) is 4.64. The molecule has 1 aliphatic heterocycles. The van der Waals surface area contributed by atoms with Crippen LogP contribution in [0.2, 0.25) is 0 Å². The SMILES string of the molecule is COCCOCc1cc(C(=O)N2CCNCC2c2nccn2C)ccc1F.Cl. The highest BCUT2D eigenvalue weighted by atomic mass is 35.5. The maximum absolute atomic E-state index is 14.1. The van der Waals surface area contributed by atoms with Gasteiger partial charge in [-0.05, 0) is 18.2 Å². The van der Waals surface area contributed by atoms with Crippen LogP contribution in [0.5, 0.6) is 0 Å². The molecule has 9 heteroatoms. The molecule has 1 aromatic carbocycles. The number of ether oxygens (including phenoxy) is 2. The Morgan fingerprint density at radius 3 is 2.93 bits per heavy atom. The lowest BCUT2D eigenvalue weighted by Gasteiger charge is -2.35. The van der Waals surface area contributed by atoms with E-state index in [-0.39, 0.29) is 36.8 Å². The summed E-state index contributed by atoms with van der Waals surface area (Å²) in [5.41, 5.74) is 0.809. The minimum Gasteiger partial charge on any atom is -0.382 e. The van der Waals surface area contributed by atoms with Gasteiger partial charge in [0.05, 0.1) is 19.8 Å². The minimum atomic E-state index is -0.384. The van der Waals surface area contributed by atoms with Crippen LogP contribution in [0.15, 0.2) is 30.6 Å². The summed E-state index contributed by atoms with van der Waals surface area (Å²) in [5.74, 6) is 0.299. The van der Waals surface area contributed by atoms with Gasteiger partial charge < -0.3 is 24.3 Å². The Kier molecular flexibility index (Phi) is 8.37. The number of methoxy groups -OCH3 is 1. The monoisotopic (exact) mass is 412 g/mol. The fourth-order valence-electron chi connectivity index (χ4n) is 3.18. The first kappa shape index (κ1) is 22.3. The van der Waals surface area contributed by atoms with Gasteiger partial charge in [-0.15, -0.1) is 12.4 Å². The third kappa shape index (κ3) is 5.08. The van der Waals surface area contributed by atoms with Crippen LogP contribution in [0.1, 0.15) is 27.8 Å². The smallest absolute Gasteiger partial charge is 0.254 e. The van der Waals surface area contributed by atoms with Crippen molar-refractivity contribution in [2.45, 2.75) is 12.6 Å². The number of piperazine rings is 1. The van der Waals surface area contributed by atoms with Gasteiger partial charge in [0.25, 0.3) is 5.91 Å². The third-order valence-corrected chi connectivity index (χ3v) is 4.64. The zero-order chi connectivity index (χ0) is 19.2. The molecule has 1 aliphatic rings. The van der Waals surface area contributed by atoms with Crippen molar-refractivity contribution in [2.75, 3.05) is 40.0 Å². The van der Waals surface area contributed by atoms with Crippen molar-refractivity contribution in [3.63, 3.8) is 0 Å². The van der Waals surface area contributed by atoms with E-state index in [4.69, 9.17) is 9.47 Å². The predicted octanol–water partition coefficient (Wildman–Crippen LogP) is 1.93. The van der Waals surface area contributed by atoms with E-state index in [1.165, 1.54) is 12.1 Å². The number of rotatable bonds is 7. The Morgan fingerprint density at radius 2 is 2.21 bits per heavy atom. The maximum Gasteiger partial charge on any atom is 0.254 e. The van der Waals surface area contributed by atoms with Crippen LogP contribution in [0, 0.1) is 5.82 Å². The summed E-state index contributed by atoms with van der Waals surface area (Å²) < 4.78 is 26.3. The van der Waals surface area contributed by atoms with Gasteiger partial charge >= 0.3 is 0 Å². The Bertz CT molecular complexity index is 786. The number of imidazole rings is 1. The summed E-state index contributed by atoms with van der Waals surface area (Å²) in [6.45, 7) is 2.80. The summed E-state index contributed by atoms with van der Waals surface area (Å²) in [7, 11) is 3.49. The van der Waals surface area contributed by atoms with Crippen molar-refractivity contribution in [3.8, 4) is 0 Å². The number of aromatic nitrogens is 2. The van der Waals surface area contributed by atoms with Gasteiger partial charge in [0.1, 0.15) is 17.7 Å². The normalized spacial score (nSPS) is 16.7. The lowest BCUT2D eigenvalue weighted by atomic mass is 10.1. The molecular weight excluding hydrogens is 387 g/mol. The van der Waals surface area contributed by atoms with Gasteiger partial charge in [0.2, 0.25) is 0 Å². The standard InChI is InChI=1S/C19H25FN4O3.ClH/c1-23-7-6-22-18(23)17-12-21-5-8-24(17)19(25)14-3-4-16(20)15(11-14)13-27-10-9-26-2;/h3-4,6-7,11,17,21H,5,8-10,12-13H2,1-2H3;1H. The number of hydrogen-bond donors (Lipinski definition) is 1. The Morgan fingerprint density at radius 1 is 1.39 bits per heavy atom. The molecule has 1 aromatic heterocycles. The van der Waals surface area contributed by atoms with Crippen LogP contribution in [0.4, 0.5) is 4.39 Å². The van der Waals surface area contributed by atoms with E-state index in [0.29, 0.717) is 44.0 Å². The molecule has 2 heterocycles. The molecule has 1 unspecified atom stereocenters. The molecule has 0 radical (unpaired) electrons. The number of nitrogens with one attached hydrogen (secondary N) is 1. The minimum absolute atomic E-state index is 0. The predicted molar refractivity (Wildman–Crippen MR) is 105 cm³/mol. The van der Waals surface area contributed by atoms with E-state index >= 15 is 0 Å². The van der Waals surface area contributed by atoms with Gasteiger partial charge in [-0.1, -0.05) is 0 Å². The summed E-state index contributed by atoms with van der Waals surface area (Å²) in [4.78, 5) is 19.3. The van der Waals surface area contributed by atoms with Crippen LogP contribution in [0.3, 0.4) is 0 Å². The van der Waals surface area contributed by atoms with Crippen molar-refractivity contribution < 1.29 is 18.7 Å². The molecule has 1 saturated heterocycles. The number of amides is 1. The first-order chi connectivity index (χ1) is 13.1. The van der Waals surface area contributed by atoms with E-state index in [1.54, 1.807) is 24.3 Å². The maximum atomic E-state index is 14.1. The molecule has 1 N–H and O–H groups in total. The molecule has 7 nitrogen and oxygen atoms in total. The number of hydrogen-bond acceptors (Lipinski definition) is 5. The van der Waals surface area contributed by atoms with Crippen molar-refractivity contribution >= 4 is 18.3 Å². The largest absolute Gasteiger partial charge is 0.382 e. The summed E-state index contributed by atoms with van der Waals surface area (Å²) in [5, 5.41) is 3.31. The molecule has 154 valence electrons. The lowest BCUT2D eigenvalue weighted by Crippen LogP contribution is -2.49. The number of nitrogens with zero attached hydrogens (tertiary/aromatic N) is 3. The highest BCUT2D eigenvalue weighted by Crippen LogP contribution is 2.23. The molecule has 0 spiro atoms. The molecule has 28 heavy (non-hydrogen) atoms. The topological polar surface area (TPSA) is 68.6 Å². The molecule has 0 saturated carbocycles. The molecule has 0 aliphatic carbocycles. The molecule has 1 amide bonds. The van der Waals surface area contributed by atoms with Crippen LogP contribution >= 0.6 is 12.4 Å². The quantitative estimate of drug-likeness (QED) is 0.704. The first-order valence-corrected chi connectivity index (χ1v) is 8.96. The second-order valence-corrected chi connectivity index (χ2v) is 6.47. The van der Waals surface area contributed by atoms with Crippen molar-refractivity contribution in [1.29, 1.82) is 0 Å². The Balaban J connectivity index is 0.00000280. The molecule has 2 aromatic rings. The van der Waals surface area contributed by atoms with E-state index in [0.717, 1.165) is 5.82 Å². The van der Waals surface area contributed by atoms with E-state index in [9.17, 15) is 9.18 Å². The van der Waals surface area contributed by atoms with Crippen LogP contribution in [0.25, 0.3) is 0 Å². The summed E-state index contributed by atoms with van der Waals surface area (Å²) in [6, 6.07) is 4.24. The second kappa shape index (κ2) is 10.5. The van der Waals surface area contributed by atoms with Gasteiger partial charge in [-0.2, -0.15) is 0 Å². The van der Waals surface area contributed by atoms with E-state index < -0.39 is 0 Å². The van der Waals surface area contributed by atoms with Crippen molar-refractivity contribution in [2.24, 2.45) is 7.05 Å². The Labute approximate surface area is 170 Å². The highest BCUT2D eigenvalue weighted by Gasteiger charge is 2.31. The summed E-state index contributed by atoms with van der Waals surface area (Å²) >= 11 is 0. The average molecular weight is 413 g/mol. The van der Waals surface area contributed by atoms with E-state index in [2.05, 4.69) is 10.3 Å². The zero-order valence-electron chi connectivity index (χ0n) is 16.1. The number of carbonyl (C=O) groups is 1. The van der Waals surface area contributed by atoms with E-state index in [1.807, 2.05) is 17.8 Å². The second-order valence-electron chi connectivity index (χ2n) is 6.47. The molecular formula is C19H26ClFN4O3. The number of aryl methyl sites for hydroxylation is 1. The number of benzene rings is 1. The van der Waals surface area contributed by atoms with Crippen molar-refractivity contribution in [3.05, 3.63) is 53.4 Å². The van der Waals surface area contributed by atoms with Crippen LogP contribution < -0.4 is 5.32 Å². The summed E-state index contributed by atoms with van der Waals surface area (Å²) in [6.07, 6.45) is 3.58. The Hall–Kier alpha value is -2.00. The highest BCUT2D eigenvalue weighted by molar-refractivity contribution is 5.94. The van der Waals surface area contributed by atoms with Gasteiger partial charge in [-0.3, -0.25) is 4.79 Å². The molecule has 1 fully saturated rings. The van der Waals surface area contributed by atoms with Crippen LogP contribution in [-0.2, 0) is 23.1 Å². The van der Waals surface area contributed by atoms with Crippen molar-refractivity contribution in [1.82, 2.24) is 19.8 Å². The first-order valence-electron chi connectivity index (χ1n) is 8.96. The van der Waals surface area contributed by atoms with Gasteiger partial charge in [0.15, 0.2) is 0 Å². The number of halogens is 2. The molecule has 1 atom stereocenters. The molecule has 3 rings (SSSR count).